The summed E-state index contributed by atoms with van der Waals surface area (Å²) in [6, 6.07) is 12.0. The second kappa shape index (κ2) is 9.01. The third-order valence-corrected chi connectivity index (χ3v) is 9.05. The molecule has 3 fully saturated rings. The van der Waals surface area contributed by atoms with Crippen molar-refractivity contribution >= 4 is 35.3 Å². The van der Waals surface area contributed by atoms with Crippen molar-refractivity contribution in [3.63, 3.8) is 0 Å². The first-order chi connectivity index (χ1) is 18.7. The van der Waals surface area contributed by atoms with Gasteiger partial charge in [0.2, 0.25) is 23.6 Å². The lowest BCUT2D eigenvalue weighted by Crippen LogP contribution is -2.48. The van der Waals surface area contributed by atoms with Crippen LogP contribution in [0.1, 0.15) is 43.6 Å². The van der Waals surface area contributed by atoms with E-state index >= 15 is 0 Å². The second-order valence-corrected chi connectivity index (χ2v) is 10.9. The predicted octanol–water partition coefficient (Wildman–Crippen LogP) is 2.48. The molecule has 2 aliphatic carbocycles. The molecule has 4 amide bonds. The number of aliphatic carboxylic acids is 1. The van der Waals surface area contributed by atoms with Gasteiger partial charge in [0.1, 0.15) is 18.1 Å². The molecule has 2 saturated heterocycles. The number of carboxylic acid groups (broad SMARTS) is 1. The van der Waals surface area contributed by atoms with E-state index in [1.165, 1.54) is 4.90 Å². The molecule has 1 saturated carbocycles. The molecule has 3 heterocycles. The molecule has 6 unspecified atom stereocenters. The molecule has 0 bridgehead atoms. The average Bonchev–Trinajstić information content (AvgIpc) is 3.55. The highest BCUT2D eigenvalue weighted by atomic mass is 16.4. The summed E-state index contributed by atoms with van der Waals surface area (Å²) in [6.45, 7) is 1.22. The van der Waals surface area contributed by atoms with Crippen LogP contribution in [0.4, 0.5) is 5.69 Å². The van der Waals surface area contributed by atoms with Crippen LogP contribution in [-0.4, -0.2) is 51.3 Å². The molecule has 0 spiro atoms. The van der Waals surface area contributed by atoms with Crippen LogP contribution in [0.2, 0.25) is 0 Å². The Bertz CT molecular complexity index is 1430. The Hall–Kier alpha value is -4.05. The number of nitrogens with zero attached hydrogens (tertiary/aromatic N) is 2. The van der Waals surface area contributed by atoms with E-state index in [9.17, 15) is 29.1 Å². The maximum absolute atomic E-state index is 14.2. The monoisotopic (exact) mass is 532 g/mol. The molecule has 39 heavy (non-hydrogen) atoms. The van der Waals surface area contributed by atoms with Crippen molar-refractivity contribution < 1.29 is 38.6 Å². The van der Waals surface area contributed by atoms with Gasteiger partial charge in [-0.25, -0.2) is 4.90 Å². The Kier molecular flexibility index (Phi) is 5.83. The number of amides is 4. The van der Waals surface area contributed by atoms with Crippen molar-refractivity contribution in [2.24, 2.45) is 29.1 Å². The van der Waals surface area contributed by atoms with Crippen LogP contribution in [0.25, 0.3) is 0 Å². The molecule has 2 N–H and O–H groups in total. The Labute approximate surface area is 223 Å². The van der Waals surface area contributed by atoms with Crippen molar-refractivity contribution in [1.82, 2.24) is 4.90 Å². The number of anilines is 1. The fraction of sp³-hybridized carbons (Fsp3) is 0.414. The zero-order valence-electron chi connectivity index (χ0n) is 21.3. The molecule has 2 aliphatic heterocycles. The number of para-hydroxylation sites is 1. The lowest BCUT2D eigenvalue weighted by Gasteiger charge is -2.48. The molecule has 2 aromatic rings. The number of rotatable bonds is 6. The van der Waals surface area contributed by atoms with Crippen molar-refractivity contribution in [3.8, 4) is 0 Å². The van der Waals surface area contributed by atoms with E-state index in [4.69, 9.17) is 9.52 Å². The van der Waals surface area contributed by atoms with Gasteiger partial charge in [-0.15, -0.1) is 0 Å². The van der Waals surface area contributed by atoms with Crippen molar-refractivity contribution in [3.05, 3.63) is 65.6 Å². The van der Waals surface area contributed by atoms with E-state index in [1.54, 1.807) is 49.4 Å². The maximum Gasteiger partial charge on any atom is 0.305 e. The summed E-state index contributed by atoms with van der Waals surface area (Å²) in [5.41, 5.74) is 0.00622. The van der Waals surface area contributed by atoms with E-state index in [1.807, 2.05) is 6.08 Å². The zero-order chi connectivity index (χ0) is 27.6. The Morgan fingerprint density at radius 1 is 1.03 bits per heavy atom. The van der Waals surface area contributed by atoms with Crippen molar-refractivity contribution in [2.45, 2.75) is 38.7 Å². The van der Waals surface area contributed by atoms with Gasteiger partial charge in [0.15, 0.2) is 0 Å². The fourth-order valence-corrected chi connectivity index (χ4v) is 7.27. The standard InChI is InChI=1S/C29H28N2O8/c1-29-20(26(36)31(28(29)38)15-5-3-2-4-6-15)13-19-17(24(29)21-10-7-16(14-32)39-21)8-9-18-23(19)27(37)30(25(18)35)12-11-22(33)34/h2-8,10,18-20,23-24,32H,9,11-14H2,1H3,(H,33,34). The third-order valence-electron chi connectivity index (χ3n) is 9.05. The molecule has 0 radical (unpaired) electrons. The van der Waals surface area contributed by atoms with Crippen LogP contribution < -0.4 is 4.90 Å². The quantitative estimate of drug-likeness (QED) is 0.426. The molecule has 6 rings (SSSR count). The molecule has 6 atom stereocenters. The Balaban J connectivity index is 1.46. The van der Waals surface area contributed by atoms with Gasteiger partial charge in [0, 0.05) is 6.54 Å². The van der Waals surface area contributed by atoms with E-state index in [-0.39, 0.29) is 44.2 Å². The molecule has 10 nitrogen and oxygen atoms in total. The number of aliphatic hydroxyl groups excluding tert-OH is 1. The van der Waals surface area contributed by atoms with Gasteiger partial charge in [0.05, 0.1) is 41.2 Å². The summed E-state index contributed by atoms with van der Waals surface area (Å²) in [4.78, 5) is 68.3. The largest absolute Gasteiger partial charge is 0.481 e. The number of fused-ring (bicyclic) bond motifs is 4. The van der Waals surface area contributed by atoms with E-state index in [2.05, 4.69) is 0 Å². The van der Waals surface area contributed by atoms with Crippen LogP contribution in [-0.2, 0) is 30.6 Å². The lowest BCUT2D eigenvalue weighted by atomic mass is 9.52. The average molecular weight is 533 g/mol. The zero-order valence-corrected chi connectivity index (χ0v) is 21.3. The summed E-state index contributed by atoms with van der Waals surface area (Å²) in [5.74, 6) is -5.32. The number of allylic oxidation sites excluding steroid dienone is 2. The minimum absolute atomic E-state index is 0.202. The van der Waals surface area contributed by atoms with Crippen LogP contribution in [0.15, 0.2) is 58.5 Å². The van der Waals surface area contributed by atoms with Gasteiger partial charge in [-0.05, 0) is 49.9 Å². The van der Waals surface area contributed by atoms with Gasteiger partial charge in [-0.3, -0.25) is 28.9 Å². The van der Waals surface area contributed by atoms with Crippen LogP contribution >= 0.6 is 0 Å². The first kappa shape index (κ1) is 25.2. The number of hydrogen-bond donors (Lipinski definition) is 2. The highest BCUT2D eigenvalue weighted by Crippen LogP contribution is 2.63. The summed E-state index contributed by atoms with van der Waals surface area (Å²) in [7, 11) is 0. The number of carbonyl (C=O) groups is 5. The maximum atomic E-state index is 14.2. The number of likely N-dealkylation sites (tertiary alicyclic amines) is 1. The number of furan rings is 1. The minimum atomic E-state index is -1.22. The number of imide groups is 2. The summed E-state index contributed by atoms with van der Waals surface area (Å²) in [6.07, 6.45) is 2.02. The van der Waals surface area contributed by atoms with Crippen molar-refractivity contribution in [2.75, 3.05) is 11.4 Å². The summed E-state index contributed by atoms with van der Waals surface area (Å²) < 4.78 is 5.96. The molecule has 4 aliphatic rings. The highest BCUT2D eigenvalue weighted by Gasteiger charge is 2.68. The number of hydrogen-bond acceptors (Lipinski definition) is 7. The van der Waals surface area contributed by atoms with Gasteiger partial charge in [0.25, 0.3) is 0 Å². The normalized spacial score (nSPS) is 31.7. The number of carbonyl (C=O) groups excluding carboxylic acids is 4. The third kappa shape index (κ3) is 3.54. The number of carboxylic acids is 1. The lowest BCUT2D eigenvalue weighted by molar-refractivity contribution is -0.142. The molecule has 1 aromatic heterocycles. The van der Waals surface area contributed by atoms with Gasteiger partial charge in [-0.2, -0.15) is 0 Å². The Morgan fingerprint density at radius 2 is 1.77 bits per heavy atom. The van der Waals surface area contributed by atoms with E-state index < -0.39 is 52.8 Å². The molecule has 202 valence electrons. The predicted molar refractivity (Wildman–Crippen MR) is 135 cm³/mol. The van der Waals surface area contributed by atoms with Gasteiger partial charge < -0.3 is 14.6 Å². The van der Waals surface area contributed by atoms with Gasteiger partial charge >= 0.3 is 5.97 Å². The molecular weight excluding hydrogens is 504 g/mol. The topological polar surface area (TPSA) is 145 Å². The fourth-order valence-electron chi connectivity index (χ4n) is 7.27. The second-order valence-electron chi connectivity index (χ2n) is 10.9. The van der Waals surface area contributed by atoms with Crippen LogP contribution in [0.5, 0.6) is 0 Å². The van der Waals surface area contributed by atoms with Crippen molar-refractivity contribution in [1.29, 1.82) is 0 Å². The molecule has 10 heteroatoms. The van der Waals surface area contributed by atoms with Crippen LogP contribution in [0, 0.1) is 29.1 Å². The Morgan fingerprint density at radius 3 is 2.44 bits per heavy atom. The number of benzene rings is 1. The molecule has 1 aromatic carbocycles. The van der Waals surface area contributed by atoms with E-state index in [0.29, 0.717) is 17.2 Å². The van der Waals surface area contributed by atoms with Crippen LogP contribution in [0.3, 0.4) is 0 Å². The van der Waals surface area contributed by atoms with Gasteiger partial charge in [-0.1, -0.05) is 29.8 Å². The smallest absolute Gasteiger partial charge is 0.305 e. The number of aliphatic hydroxyl groups is 1. The first-order valence-corrected chi connectivity index (χ1v) is 13.1. The SMILES string of the molecule is CC12C(=O)N(c3ccccc3)C(=O)C1CC1C(=CCC3C(=O)N(CCC(=O)O)C(=O)C31)C2c1ccc(CO)o1. The summed E-state index contributed by atoms with van der Waals surface area (Å²) >= 11 is 0. The summed E-state index contributed by atoms with van der Waals surface area (Å²) in [5, 5.41) is 18.8. The molecular formula is C29H28N2O8. The van der Waals surface area contributed by atoms with E-state index in [0.717, 1.165) is 10.5 Å². The minimum Gasteiger partial charge on any atom is -0.481 e. The highest BCUT2D eigenvalue weighted by molar-refractivity contribution is 6.24. The first-order valence-electron chi connectivity index (χ1n) is 13.1.